The Labute approximate surface area is 190 Å². The molecule has 3 aromatic rings. The second-order valence-electron chi connectivity index (χ2n) is 6.96. The van der Waals surface area contributed by atoms with Crippen LogP contribution < -0.4 is 20.1 Å². The van der Waals surface area contributed by atoms with E-state index in [0.29, 0.717) is 0 Å². The summed E-state index contributed by atoms with van der Waals surface area (Å²) < 4.78 is 45.9. The number of rotatable bonds is 9. The summed E-state index contributed by atoms with van der Waals surface area (Å²) in [6.07, 6.45) is 0.145. The van der Waals surface area contributed by atoms with Crippen LogP contribution in [0.15, 0.2) is 77.7 Å². The van der Waals surface area contributed by atoms with Crippen molar-refractivity contribution in [2.75, 3.05) is 23.7 Å². The van der Waals surface area contributed by atoms with Gasteiger partial charge in [0, 0.05) is 5.69 Å². The Morgan fingerprint density at radius 1 is 0.939 bits per heavy atom. The molecule has 0 saturated heterocycles. The van der Waals surface area contributed by atoms with E-state index in [2.05, 4.69) is 15.4 Å². The van der Waals surface area contributed by atoms with Crippen molar-refractivity contribution in [2.24, 2.45) is 0 Å². The van der Waals surface area contributed by atoms with E-state index in [1.54, 1.807) is 0 Å². The number of halogens is 1. The van der Waals surface area contributed by atoms with Crippen LogP contribution in [0, 0.1) is 5.82 Å². The minimum Gasteiger partial charge on any atom is -0.495 e. The zero-order valence-electron chi connectivity index (χ0n) is 17.7. The molecular formula is C23H22FN3O5S. The average Bonchev–Trinajstić information content (AvgIpc) is 2.79. The first-order valence-corrected chi connectivity index (χ1v) is 11.3. The number of nitrogens with one attached hydrogen (secondary N) is 3. The molecule has 3 rings (SSSR count). The highest BCUT2D eigenvalue weighted by Gasteiger charge is 2.17. The van der Waals surface area contributed by atoms with Crippen LogP contribution in [0.1, 0.15) is 5.56 Å². The zero-order chi connectivity index (χ0) is 23.8. The van der Waals surface area contributed by atoms with Crippen molar-refractivity contribution in [1.82, 2.24) is 5.32 Å². The van der Waals surface area contributed by atoms with Gasteiger partial charge in [-0.15, -0.1) is 0 Å². The lowest BCUT2D eigenvalue weighted by Crippen LogP contribution is -2.33. The van der Waals surface area contributed by atoms with Crippen LogP contribution in [0.2, 0.25) is 0 Å². The molecule has 0 aromatic heterocycles. The van der Waals surface area contributed by atoms with Gasteiger partial charge in [0.05, 0.1) is 30.7 Å². The number of methoxy groups -OCH3 is 1. The van der Waals surface area contributed by atoms with Crippen LogP contribution in [0.5, 0.6) is 5.75 Å². The molecule has 0 aliphatic heterocycles. The number of anilines is 2. The van der Waals surface area contributed by atoms with Gasteiger partial charge in [0.2, 0.25) is 11.8 Å². The second-order valence-corrected chi connectivity index (χ2v) is 8.64. The lowest BCUT2D eigenvalue weighted by Gasteiger charge is -2.14. The lowest BCUT2D eigenvalue weighted by atomic mass is 10.1. The molecule has 3 aromatic carbocycles. The van der Waals surface area contributed by atoms with Crippen LogP contribution in [0.4, 0.5) is 15.8 Å². The summed E-state index contributed by atoms with van der Waals surface area (Å²) >= 11 is 0. The Balaban J connectivity index is 1.64. The molecule has 0 atom stereocenters. The van der Waals surface area contributed by atoms with Gasteiger partial charge in [-0.3, -0.25) is 14.3 Å². The Hall–Kier alpha value is -3.92. The molecule has 0 bridgehead atoms. The molecule has 3 N–H and O–H groups in total. The van der Waals surface area contributed by atoms with E-state index in [9.17, 15) is 22.4 Å². The molecule has 0 saturated carbocycles. The molecular weight excluding hydrogens is 449 g/mol. The highest BCUT2D eigenvalue weighted by Crippen LogP contribution is 2.30. The van der Waals surface area contributed by atoms with Gasteiger partial charge in [-0.05, 0) is 48.0 Å². The predicted octanol–water partition coefficient (Wildman–Crippen LogP) is 2.93. The van der Waals surface area contributed by atoms with Gasteiger partial charge < -0.3 is 15.4 Å². The molecule has 0 unspecified atom stereocenters. The minimum absolute atomic E-state index is 0.0766. The Bertz CT molecular complexity index is 1230. The molecule has 0 spiro atoms. The van der Waals surface area contributed by atoms with E-state index < -0.39 is 21.7 Å². The van der Waals surface area contributed by atoms with Gasteiger partial charge in [-0.2, -0.15) is 0 Å². The molecule has 2 amide bonds. The minimum atomic E-state index is -4.03. The van der Waals surface area contributed by atoms with Gasteiger partial charge in [0.25, 0.3) is 10.0 Å². The first kappa shape index (κ1) is 23.7. The molecule has 8 nitrogen and oxygen atoms in total. The van der Waals surface area contributed by atoms with Gasteiger partial charge in [-0.25, -0.2) is 12.8 Å². The fraction of sp³-hybridized carbons (Fsp3) is 0.130. The van der Waals surface area contributed by atoms with Crippen LogP contribution in [-0.2, 0) is 26.0 Å². The summed E-state index contributed by atoms with van der Waals surface area (Å²) in [5, 5.41) is 5.13. The van der Waals surface area contributed by atoms with E-state index >= 15 is 0 Å². The average molecular weight is 472 g/mol. The van der Waals surface area contributed by atoms with Crippen molar-refractivity contribution in [2.45, 2.75) is 11.3 Å². The number of carbonyl (C=O) groups is 2. The maximum Gasteiger partial charge on any atom is 0.262 e. The van der Waals surface area contributed by atoms with Crippen molar-refractivity contribution < 1.29 is 27.1 Å². The largest absolute Gasteiger partial charge is 0.495 e. The van der Waals surface area contributed by atoms with Crippen LogP contribution >= 0.6 is 0 Å². The van der Waals surface area contributed by atoms with E-state index in [-0.39, 0.29) is 40.9 Å². The topological polar surface area (TPSA) is 114 Å². The van der Waals surface area contributed by atoms with E-state index in [1.807, 2.05) is 30.3 Å². The summed E-state index contributed by atoms with van der Waals surface area (Å²) in [6, 6.07) is 17.8. The van der Waals surface area contributed by atoms with Crippen molar-refractivity contribution >= 4 is 33.2 Å². The maximum absolute atomic E-state index is 13.1. The molecule has 0 radical (unpaired) electrons. The number of carbonyl (C=O) groups excluding carboxylic acids is 2. The first-order valence-electron chi connectivity index (χ1n) is 9.84. The SMILES string of the molecule is COc1ccc(NC(=O)CNC(=O)Cc2ccccc2)cc1NS(=O)(=O)c1ccc(F)cc1. The van der Waals surface area contributed by atoms with Gasteiger partial charge >= 0.3 is 0 Å². The van der Waals surface area contributed by atoms with Crippen LogP contribution in [0.25, 0.3) is 0 Å². The Kier molecular flexibility index (Phi) is 7.62. The third-order valence-electron chi connectivity index (χ3n) is 4.51. The summed E-state index contributed by atoms with van der Waals surface area (Å²) in [4.78, 5) is 24.1. The van der Waals surface area contributed by atoms with Gasteiger partial charge in [-0.1, -0.05) is 30.3 Å². The molecule has 0 aliphatic carbocycles. The standard InChI is InChI=1S/C23H22FN3O5S/c1-32-21-12-9-18(14-20(21)27-33(30,31)19-10-7-17(24)8-11-19)26-23(29)15-25-22(28)13-16-5-3-2-4-6-16/h2-12,14,27H,13,15H2,1H3,(H,25,28)(H,26,29). The quantitative estimate of drug-likeness (QED) is 0.444. The molecule has 33 heavy (non-hydrogen) atoms. The summed E-state index contributed by atoms with van der Waals surface area (Å²) in [5.41, 5.74) is 1.19. The third-order valence-corrected chi connectivity index (χ3v) is 5.89. The molecule has 0 heterocycles. The number of benzene rings is 3. The number of hydrogen-bond donors (Lipinski definition) is 3. The fourth-order valence-corrected chi connectivity index (χ4v) is 3.97. The maximum atomic E-state index is 13.1. The molecule has 10 heteroatoms. The van der Waals surface area contributed by atoms with Gasteiger partial charge in [0.1, 0.15) is 11.6 Å². The monoisotopic (exact) mass is 471 g/mol. The summed E-state index contributed by atoms with van der Waals surface area (Å²) in [5.74, 6) is -1.14. The molecule has 0 aliphatic rings. The smallest absolute Gasteiger partial charge is 0.262 e. The van der Waals surface area contributed by atoms with Crippen molar-refractivity contribution in [1.29, 1.82) is 0 Å². The van der Waals surface area contributed by atoms with Crippen molar-refractivity contribution in [3.8, 4) is 5.75 Å². The molecule has 172 valence electrons. The highest BCUT2D eigenvalue weighted by atomic mass is 32.2. The Morgan fingerprint density at radius 3 is 2.30 bits per heavy atom. The number of hydrogen-bond acceptors (Lipinski definition) is 5. The normalized spacial score (nSPS) is 10.8. The highest BCUT2D eigenvalue weighted by molar-refractivity contribution is 7.92. The number of ether oxygens (including phenoxy) is 1. The third kappa shape index (κ3) is 6.78. The fourth-order valence-electron chi connectivity index (χ4n) is 2.91. The predicted molar refractivity (Wildman–Crippen MR) is 122 cm³/mol. The zero-order valence-corrected chi connectivity index (χ0v) is 18.5. The second kappa shape index (κ2) is 10.6. The van der Waals surface area contributed by atoms with Crippen molar-refractivity contribution in [3.05, 3.63) is 84.2 Å². The molecule has 0 fully saturated rings. The van der Waals surface area contributed by atoms with Crippen molar-refractivity contribution in [3.63, 3.8) is 0 Å². The summed E-state index contributed by atoms with van der Waals surface area (Å²) in [7, 11) is -2.66. The number of sulfonamides is 1. The number of amides is 2. The summed E-state index contributed by atoms with van der Waals surface area (Å²) in [6.45, 7) is -0.256. The lowest BCUT2D eigenvalue weighted by molar-refractivity contribution is -0.123. The first-order chi connectivity index (χ1) is 15.8. The van der Waals surface area contributed by atoms with E-state index in [0.717, 1.165) is 29.8 Å². The van der Waals surface area contributed by atoms with Crippen LogP contribution in [0.3, 0.4) is 0 Å². The van der Waals surface area contributed by atoms with E-state index in [1.165, 1.54) is 25.3 Å². The van der Waals surface area contributed by atoms with Gasteiger partial charge in [0.15, 0.2) is 0 Å². The van der Waals surface area contributed by atoms with Crippen LogP contribution in [-0.4, -0.2) is 33.9 Å². The van der Waals surface area contributed by atoms with E-state index in [4.69, 9.17) is 4.74 Å². The Morgan fingerprint density at radius 2 is 1.64 bits per heavy atom.